The number of rotatable bonds is 1. The Bertz CT molecular complexity index is 116. The molecular formula is C6H9Cl3O. The van der Waals surface area contributed by atoms with Gasteiger partial charge >= 0.3 is 0 Å². The average molecular weight is 203 g/mol. The summed E-state index contributed by atoms with van der Waals surface area (Å²) in [5.74, 6) is 0.541. The van der Waals surface area contributed by atoms with E-state index >= 15 is 0 Å². The third-order valence-electron chi connectivity index (χ3n) is 1.68. The number of alkyl halides is 3. The highest BCUT2D eigenvalue weighted by molar-refractivity contribution is 6.49. The van der Waals surface area contributed by atoms with Crippen molar-refractivity contribution in [2.24, 2.45) is 5.92 Å². The Hall–Kier alpha value is 0.830. The van der Waals surface area contributed by atoms with Crippen LogP contribution in [0.1, 0.15) is 6.42 Å². The maximum atomic E-state index is 5.94. The van der Waals surface area contributed by atoms with Crippen molar-refractivity contribution in [3.63, 3.8) is 0 Å². The maximum absolute atomic E-state index is 5.94. The Balaban J connectivity index is 2.51. The average Bonchev–Trinajstić information content (AvgIpc) is 1.87. The Morgan fingerprint density at radius 3 is 2.60 bits per heavy atom. The minimum Gasteiger partial charge on any atom is -0.381 e. The lowest BCUT2D eigenvalue weighted by atomic mass is 10.0. The highest BCUT2D eigenvalue weighted by atomic mass is 35.5. The van der Waals surface area contributed by atoms with Crippen LogP contribution in [0.3, 0.4) is 0 Å². The van der Waals surface area contributed by atoms with E-state index in [0.717, 1.165) is 0 Å². The summed E-state index contributed by atoms with van der Waals surface area (Å²) in [6, 6.07) is 0. The van der Waals surface area contributed by atoms with E-state index in [4.69, 9.17) is 39.5 Å². The molecule has 1 fully saturated rings. The summed E-state index contributed by atoms with van der Waals surface area (Å²) < 4.78 is 4.49. The van der Waals surface area contributed by atoms with Gasteiger partial charge in [-0.1, -0.05) is 0 Å². The highest BCUT2D eigenvalue weighted by Crippen LogP contribution is 2.37. The van der Waals surface area contributed by atoms with Crippen LogP contribution in [0, 0.1) is 5.92 Å². The third-order valence-corrected chi connectivity index (χ3v) is 3.05. The third kappa shape index (κ3) is 1.91. The van der Waals surface area contributed by atoms with Crippen LogP contribution in [-0.2, 0) is 4.74 Å². The topological polar surface area (TPSA) is 9.23 Å². The van der Waals surface area contributed by atoms with Crippen molar-refractivity contribution in [1.82, 2.24) is 0 Å². The van der Waals surface area contributed by atoms with E-state index in [0.29, 0.717) is 25.5 Å². The Morgan fingerprint density at radius 2 is 2.20 bits per heavy atom. The summed E-state index contributed by atoms with van der Waals surface area (Å²) in [6.45, 7) is 1.22. The quantitative estimate of drug-likeness (QED) is 0.595. The first kappa shape index (κ1) is 8.92. The molecule has 60 valence electrons. The fourth-order valence-corrected chi connectivity index (χ4v) is 1.86. The summed E-state index contributed by atoms with van der Waals surface area (Å²) in [7, 11) is 0. The van der Waals surface area contributed by atoms with E-state index in [1.165, 1.54) is 0 Å². The molecule has 10 heavy (non-hydrogen) atoms. The lowest BCUT2D eigenvalue weighted by Crippen LogP contribution is -2.37. The second-order valence-electron chi connectivity index (χ2n) is 2.44. The minimum atomic E-state index is -0.667. The molecule has 1 saturated heterocycles. The van der Waals surface area contributed by atoms with Crippen molar-refractivity contribution >= 4 is 34.8 Å². The van der Waals surface area contributed by atoms with Crippen LogP contribution in [-0.4, -0.2) is 23.4 Å². The predicted molar refractivity (Wildman–Crippen MR) is 44.1 cm³/mol. The van der Waals surface area contributed by atoms with E-state index < -0.39 is 4.33 Å². The zero-order chi connectivity index (χ0) is 7.61. The monoisotopic (exact) mass is 202 g/mol. The molecule has 1 unspecified atom stereocenters. The van der Waals surface area contributed by atoms with E-state index in [9.17, 15) is 0 Å². The van der Waals surface area contributed by atoms with Gasteiger partial charge in [0.05, 0.1) is 6.61 Å². The van der Waals surface area contributed by atoms with Gasteiger partial charge in [0.15, 0.2) is 0 Å². The molecule has 0 aliphatic carbocycles. The molecule has 0 amide bonds. The Labute approximate surface area is 75.6 Å². The van der Waals surface area contributed by atoms with E-state index in [1.807, 2.05) is 0 Å². The van der Waals surface area contributed by atoms with Crippen LogP contribution < -0.4 is 0 Å². The second-order valence-corrected chi connectivity index (χ2v) is 4.29. The first-order chi connectivity index (χ1) is 4.67. The van der Waals surface area contributed by atoms with Crippen molar-refractivity contribution in [3.8, 4) is 0 Å². The van der Waals surface area contributed by atoms with Gasteiger partial charge in [-0.25, -0.2) is 0 Å². The second kappa shape index (κ2) is 3.48. The lowest BCUT2D eigenvalue weighted by molar-refractivity contribution is 0.0567. The number of hydrogen-bond acceptors (Lipinski definition) is 1. The maximum Gasteiger partial charge on any atom is 0.126 e. The van der Waals surface area contributed by atoms with Gasteiger partial charge in [0.25, 0.3) is 0 Å². The summed E-state index contributed by atoms with van der Waals surface area (Å²) in [5, 5.41) is 0. The Morgan fingerprint density at radius 1 is 1.50 bits per heavy atom. The molecule has 0 saturated carbocycles. The molecule has 4 heteroatoms. The van der Waals surface area contributed by atoms with Crippen LogP contribution in [0.2, 0.25) is 0 Å². The van der Waals surface area contributed by atoms with Gasteiger partial charge in [-0.2, -0.15) is 0 Å². The molecule has 1 rings (SSSR count). The number of hydrogen-bond donors (Lipinski definition) is 0. The van der Waals surface area contributed by atoms with Crippen molar-refractivity contribution < 1.29 is 4.74 Å². The number of ether oxygens (including phenoxy) is 1. The fourth-order valence-electron chi connectivity index (χ4n) is 0.917. The molecule has 0 spiro atoms. The van der Waals surface area contributed by atoms with Crippen molar-refractivity contribution in [2.75, 3.05) is 19.1 Å². The van der Waals surface area contributed by atoms with Crippen molar-refractivity contribution in [2.45, 2.75) is 10.8 Å². The molecule has 0 bridgehead atoms. The molecule has 0 aromatic rings. The molecule has 1 atom stereocenters. The summed E-state index contributed by atoms with van der Waals surface area (Å²) in [5.41, 5.74) is 0. The molecule has 0 radical (unpaired) electrons. The SMILES string of the molecule is ClCC1COCCC1(Cl)Cl. The van der Waals surface area contributed by atoms with Crippen molar-refractivity contribution in [3.05, 3.63) is 0 Å². The standard InChI is InChI=1S/C6H9Cl3O/c7-3-5-4-10-2-1-6(5,8)9/h5H,1-4H2. The molecule has 0 N–H and O–H groups in total. The van der Waals surface area contributed by atoms with Crippen LogP contribution >= 0.6 is 34.8 Å². The largest absolute Gasteiger partial charge is 0.381 e. The van der Waals surface area contributed by atoms with Gasteiger partial charge in [0.1, 0.15) is 4.33 Å². The van der Waals surface area contributed by atoms with Gasteiger partial charge in [0, 0.05) is 24.8 Å². The number of halogens is 3. The Kier molecular flexibility index (Phi) is 3.11. The molecule has 0 aromatic carbocycles. The molecular weight excluding hydrogens is 194 g/mol. The van der Waals surface area contributed by atoms with E-state index in [-0.39, 0.29) is 5.92 Å². The highest BCUT2D eigenvalue weighted by Gasteiger charge is 2.37. The molecule has 1 heterocycles. The first-order valence-electron chi connectivity index (χ1n) is 3.18. The van der Waals surface area contributed by atoms with E-state index in [2.05, 4.69) is 0 Å². The smallest absolute Gasteiger partial charge is 0.126 e. The van der Waals surface area contributed by atoms with E-state index in [1.54, 1.807) is 0 Å². The zero-order valence-electron chi connectivity index (χ0n) is 5.45. The summed E-state index contributed by atoms with van der Waals surface area (Å²) >= 11 is 17.5. The van der Waals surface area contributed by atoms with Crippen LogP contribution in [0.25, 0.3) is 0 Å². The molecule has 1 aliphatic heterocycles. The van der Waals surface area contributed by atoms with Crippen LogP contribution in [0.4, 0.5) is 0 Å². The normalized spacial score (nSPS) is 32.1. The summed E-state index contributed by atoms with van der Waals surface area (Å²) in [6.07, 6.45) is 0.674. The molecule has 1 aliphatic rings. The van der Waals surface area contributed by atoms with Crippen LogP contribution in [0.5, 0.6) is 0 Å². The molecule has 1 nitrogen and oxygen atoms in total. The predicted octanol–water partition coefficient (Wildman–Crippen LogP) is 2.44. The van der Waals surface area contributed by atoms with Gasteiger partial charge in [-0.05, 0) is 0 Å². The summed E-state index contributed by atoms with van der Waals surface area (Å²) in [4.78, 5) is 0. The van der Waals surface area contributed by atoms with Crippen molar-refractivity contribution in [1.29, 1.82) is 0 Å². The minimum absolute atomic E-state index is 0.0752. The van der Waals surface area contributed by atoms with Gasteiger partial charge < -0.3 is 4.74 Å². The zero-order valence-corrected chi connectivity index (χ0v) is 7.72. The van der Waals surface area contributed by atoms with Crippen LogP contribution in [0.15, 0.2) is 0 Å². The lowest BCUT2D eigenvalue weighted by Gasteiger charge is -2.32. The van der Waals surface area contributed by atoms with Gasteiger partial charge in [0.2, 0.25) is 0 Å². The van der Waals surface area contributed by atoms with Gasteiger partial charge in [-0.15, -0.1) is 34.8 Å². The first-order valence-corrected chi connectivity index (χ1v) is 4.47. The molecule has 0 aromatic heterocycles. The fraction of sp³-hybridized carbons (Fsp3) is 1.00. The van der Waals surface area contributed by atoms with Gasteiger partial charge in [-0.3, -0.25) is 0 Å².